The van der Waals surface area contributed by atoms with Gasteiger partial charge in [0.15, 0.2) is 5.43 Å². The van der Waals surface area contributed by atoms with Crippen molar-refractivity contribution in [3.63, 3.8) is 0 Å². The van der Waals surface area contributed by atoms with Crippen molar-refractivity contribution in [2.75, 3.05) is 0 Å². The highest BCUT2D eigenvalue weighted by Crippen LogP contribution is 2.19. The highest BCUT2D eigenvalue weighted by atomic mass is 16.1. The lowest BCUT2D eigenvalue weighted by molar-refractivity contribution is 0.923. The van der Waals surface area contributed by atoms with Crippen molar-refractivity contribution in [2.24, 2.45) is 0 Å². The molecule has 0 aliphatic heterocycles. The summed E-state index contributed by atoms with van der Waals surface area (Å²) in [7, 11) is 0. The minimum Gasteiger partial charge on any atom is -0.354 e. The predicted molar refractivity (Wildman–Crippen MR) is 84.0 cm³/mol. The molecule has 1 aromatic heterocycles. The van der Waals surface area contributed by atoms with Crippen molar-refractivity contribution < 1.29 is 0 Å². The Hall–Kier alpha value is -2.35. The first-order valence-electron chi connectivity index (χ1n) is 6.99. The number of pyridine rings is 1. The monoisotopic (exact) mass is 263 g/mol. The third-order valence-electron chi connectivity index (χ3n) is 3.52. The second-order valence-electron chi connectivity index (χ2n) is 5.04. The minimum absolute atomic E-state index is 0.0792. The van der Waals surface area contributed by atoms with Crippen molar-refractivity contribution in [3.05, 3.63) is 70.4 Å². The van der Waals surface area contributed by atoms with Crippen LogP contribution in [0.1, 0.15) is 18.9 Å². The summed E-state index contributed by atoms with van der Waals surface area (Å²) < 4.78 is 0. The topological polar surface area (TPSA) is 32.9 Å². The molecule has 0 saturated heterocycles. The van der Waals surface area contributed by atoms with E-state index in [1.54, 1.807) is 6.07 Å². The van der Waals surface area contributed by atoms with Gasteiger partial charge in [-0.2, -0.15) is 0 Å². The van der Waals surface area contributed by atoms with Gasteiger partial charge in [-0.1, -0.05) is 49.7 Å². The summed E-state index contributed by atoms with van der Waals surface area (Å²) in [5, 5.41) is 0.774. The number of aryl methyl sites for hydroxylation is 1. The van der Waals surface area contributed by atoms with Crippen LogP contribution in [-0.2, 0) is 6.42 Å². The second kappa shape index (κ2) is 5.33. The highest BCUT2D eigenvalue weighted by molar-refractivity contribution is 5.82. The Morgan fingerprint density at radius 1 is 1.00 bits per heavy atom. The van der Waals surface area contributed by atoms with Crippen molar-refractivity contribution in [2.45, 2.75) is 19.8 Å². The van der Waals surface area contributed by atoms with Crippen LogP contribution in [0.3, 0.4) is 0 Å². The van der Waals surface area contributed by atoms with Crippen molar-refractivity contribution >= 4 is 10.9 Å². The van der Waals surface area contributed by atoms with Gasteiger partial charge in [-0.3, -0.25) is 4.79 Å². The number of benzene rings is 2. The Balaban J connectivity index is 2.16. The Bertz CT molecular complexity index is 787. The predicted octanol–water partition coefficient (Wildman–Crippen LogP) is 4.15. The molecule has 0 saturated carbocycles. The van der Waals surface area contributed by atoms with Crippen LogP contribution >= 0.6 is 0 Å². The zero-order valence-corrected chi connectivity index (χ0v) is 11.5. The van der Waals surface area contributed by atoms with E-state index in [2.05, 4.69) is 18.0 Å². The molecule has 20 heavy (non-hydrogen) atoms. The molecule has 3 aromatic rings. The molecule has 1 heterocycles. The van der Waals surface area contributed by atoms with Gasteiger partial charge in [-0.15, -0.1) is 0 Å². The number of aromatic nitrogens is 1. The van der Waals surface area contributed by atoms with Crippen LogP contribution in [0.15, 0.2) is 59.4 Å². The van der Waals surface area contributed by atoms with Crippen LogP contribution in [0.4, 0.5) is 0 Å². The van der Waals surface area contributed by atoms with E-state index in [4.69, 9.17) is 0 Å². The zero-order valence-electron chi connectivity index (χ0n) is 11.5. The van der Waals surface area contributed by atoms with Crippen LogP contribution in [0.2, 0.25) is 0 Å². The Labute approximate surface area is 118 Å². The van der Waals surface area contributed by atoms with E-state index >= 15 is 0 Å². The highest BCUT2D eigenvalue weighted by Gasteiger charge is 2.04. The number of nitrogens with one attached hydrogen (secondary N) is 1. The zero-order chi connectivity index (χ0) is 13.9. The molecule has 0 aliphatic rings. The number of aromatic amines is 1. The molecule has 100 valence electrons. The lowest BCUT2D eigenvalue weighted by Crippen LogP contribution is -2.03. The molecule has 0 radical (unpaired) electrons. The van der Waals surface area contributed by atoms with E-state index in [1.807, 2.05) is 42.5 Å². The average molecular weight is 263 g/mol. The molecule has 0 amide bonds. The van der Waals surface area contributed by atoms with Gasteiger partial charge in [0.2, 0.25) is 0 Å². The van der Waals surface area contributed by atoms with Gasteiger partial charge in [0, 0.05) is 22.7 Å². The Kier molecular flexibility index (Phi) is 3.38. The summed E-state index contributed by atoms with van der Waals surface area (Å²) in [6.45, 7) is 2.15. The van der Waals surface area contributed by atoms with Crippen molar-refractivity contribution in [3.8, 4) is 11.3 Å². The summed E-state index contributed by atoms with van der Waals surface area (Å²) in [5.74, 6) is 0. The third-order valence-corrected chi connectivity index (χ3v) is 3.52. The molecular weight excluding hydrogens is 246 g/mol. The maximum atomic E-state index is 12.3. The molecule has 0 unspecified atom stereocenters. The fourth-order valence-electron chi connectivity index (χ4n) is 2.51. The average Bonchev–Trinajstić information content (AvgIpc) is 2.49. The first-order chi connectivity index (χ1) is 9.78. The smallest absolute Gasteiger partial charge is 0.190 e. The lowest BCUT2D eigenvalue weighted by atomic mass is 10.0. The Morgan fingerprint density at radius 3 is 2.55 bits per heavy atom. The van der Waals surface area contributed by atoms with E-state index in [-0.39, 0.29) is 5.43 Å². The maximum absolute atomic E-state index is 12.3. The van der Waals surface area contributed by atoms with E-state index < -0.39 is 0 Å². The van der Waals surface area contributed by atoms with Gasteiger partial charge in [0.1, 0.15) is 0 Å². The number of hydrogen-bond donors (Lipinski definition) is 1. The molecule has 0 atom stereocenters. The summed E-state index contributed by atoms with van der Waals surface area (Å²) in [6.07, 6.45) is 2.10. The van der Waals surface area contributed by atoms with Crippen molar-refractivity contribution in [1.82, 2.24) is 4.98 Å². The molecule has 2 heteroatoms. The van der Waals surface area contributed by atoms with E-state index in [1.165, 1.54) is 5.56 Å². The standard InChI is InChI=1S/C18H17NO/c1-2-6-13-9-10-16-15(11-13)18(20)12-17(19-16)14-7-4-3-5-8-14/h3-5,7-12H,2,6H2,1H3,(H,19,20). The first-order valence-corrected chi connectivity index (χ1v) is 6.99. The van der Waals surface area contributed by atoms with Crippen LogP contribution in [0.5, 0.6) is 0 Å². The number of rotatable bonds is 3. The second-order valence-corrected chi connectivity index (χ2v) is 5.04. The van der Waals surface area contributed by atoms with Gasteiger partial charge in [-0.25, -0.2) is 0 Å². The molecule has 2 aromatic carbocycles. The van der Waals surface area contributed by atoms with Crippen LogP contribution in [-0.4, -0.2) is 4.98 Å². The molecule has 1 N–H and O–H groups in total. The molecule has 3 rings (SSSR count). The van der Waals surface area contributed by atoms with E-state index in [9.17, 15) is 4.79 Å². The summed E-state index contributed by atoms with van der Waals surface area (Å²) in [5.41, 5.74) is 4.10. The van der Waals surface area contributed by atoms with E-state index in [0.717, 1.165) is 35.0 Å². The minimum atomic E-state index is 0.0792. The van der Waals surface area contributed by atoms with Gasteiger partial charge < -0.3 is 4.98 Å². The Morgan fingerprint density at radius 2 is 1.80 bits per heavy atom. The lowest BCUT2D eigenvalue weighted by Gasteiger charge is -2.06. The number of hydrogen-bond acceptors (Lipinski definition) is 1. The van der Waals surface area contributed by atoms with Crippen LogP contribution < -0.4 is 5.43 Å². The van der Waals surface area contributed by atoms with Gasteiger partial charge in [-0.05, 0) is 29.7 Å². The molecule has 0 spiro atoms. The summed E-state index contributed by atoms with van der Waals surface area (Å²) in [4.78, 5) is 15.7. The van der Waals surface area contributed by atoms with Crippen molar-refractivity contribution in [1.29, 1.82) is 0 Å². The van der Waals surface area contributed by atoms with Crippen LogP contribution in [0.25, 0.3) is 22.2 Å². The van der Waals surface area contributed by atoms with Gasteiger partial charge in [0.25, 0.3) is 0 Å². The van der Waals surface area contributed by atoms with E-state index in [0.29, 0.717) is 0 Å². The quantitative estimate of drug-likeness (QED) is 0.756. The van der Waals surface area contributed by atoms with Gasteiger partial charge >= 0.3 is 0 Å². The van der Waals surface area contributed by atoms with Gasteiger partial charge in [0.05, 0.1) is 0 Å². The fraction of sp³-hybridized carbons (Fsp3) is 0.167. The number of H-pyrrole nitrogens is 1. The normalized spacial score (nSPS) is 10.8. The number of fused-ring (bicyclic) bond motifs is 1. The summed E-state index contributed by atoms with van der Waals surface area (Å²) in [6, 6.07) is 17.7. The maximum Gasteiger partial charge on any atom is 0.190 e. The molecule has 0 aliphatic carbocycles. The summed E-state index contributed by atoms with van der Waals surface area (Å²) >= 11 is 0. The fourth-order valence-corrected chi connectivity index (χ4v) is 2.51. The molecular formula is C18H17NO. The molecule has 0 fully saturated rings. The molecule has 2 nitrogen and oxygen atoms in total. The SMILES string of the molecule is CCCc1ccc2[nH]c(-c3ccccc3)cc(=O)c2c1. The third kappa shape index (κ3) is 2.37. The van der Waals surface area contributed by atoms with Crippen LogP contribution in [0, 0.1) is 0 Å². The first kappa shape index (κ1) is 12.7. The molecule has 0 bridgehead atoms. The largest absolute Gasteiger partial charge is 0.354 e.